The molecule has 2 heterocycles. The highest BCUT2D eigenvalue weighted by molar-refractivity contribution is 9.25. The molecule has 0 unspecified atom stereocenters. The number of Topliss-reactive ketones (excluding diaryl/α,β-unsaturated/α-hetero) is 2. The second kappa shape index (κ2) is 7.70. The SMILES string of the molecule is O=C(c1ccc2c(c1)OCCc1cc(C(=O)C(Br)Br)sc1-2)C(Br)Br. The van der Waals surface area contributed by atoms with Crippen molar-refractivity contribution in [3.05, 3.63) is 40.3 Å². The molecule has 0 saturated heterocycles. The number of hydrogen-bond donors (Lipinski definition) is 0. The van der Waals surface area contributed by atoms with Crippen LogP contribution in [0.15, 0.2) is 24.3 Å². The molecule has 0 aliphatic carbocycles. The third kappa shape index (κ3) is 3.72. The second-order valence-electron chi connectivity index (χ2n) is 5.10. The molecule has 0 fully saturated rings. The standard InChI is InChI=1S/C16H10Br4O3S/c17-15(18)12(21)7-1-2-9-10(5-7)23-4-3-8-6-11(24-14(8)9)13(22)16(19)20/h1-2,5-6,15-16H,3-4H2. The van der Waals surface area contributed by atoms with Crippen molar-refractivity contribution in [2.75, 3.05) is 6.61 Å². The molecule has 1 aliphatic heterocycles. The highest BCUT2D eigenvalue weighted by atomic mass is 79.9. The lowest BCUT2D eigenvalue weighted by molar-refractivity contribution is 0.101. The topological polar surface area (TPSA) is 43.4 Å². The van der Waals surface area contributed by atoms with Gasteiger partial charge >= 0.3 is 0 Å². The quantitative estimate of drug-likeness (QED) is 0.322. The summed E-state index contributed by atoms with van der Waals surface area (Å²) >= 11 is 14.4. The van der Waals surface area contributed by atoms with Crippen LogP contribution in [-0.4, -0.2) is 25.6 Å². The van der Waals surface area contributed by atoms with Crippen LogP contribution in [0, 0.1) is 0 Å². The number of carbonyl (C=O) groups excluding carboxylic acids is 2. The first kappa shape index (κ1) is 18.8. The Bertz CT molecular complexity index is 814. The van der Waals surface area contributed by atoms with E-state index in [0.717, 1.165) is 22.4 Å². The van der Waals surface area contributed by atoms with Crippen molar-refractivity contribution in [3.63, 3.8) is 0 Å². The van der Waals surface area contributed by atoms with E-state index >= 15 is 0 Å². The first-order valence-corrected chi connectivity index (χ1v) is 11.4. The fraction of sp³-hybridized carbons (Fsp3) is 0.250. The summed E-state index contributed by atoms with van der Waals surface area (Å²) in [6, 6.07) is 7.37. The number of rotatable bonds is 4. The Morgan fingerprint density at radius 1 is 1.04 bits per heavy atom. The molecule has 1 aromatic heterocycles. The van der Waals surface area contributed by atoms with Gasteiger partial charge in [-0.05, 0) is 23.8 Å². The maximum Gasteiger partial charge on any atom is 0.197 e. The molecule has 3 nitrogen and oxygen atoms in total. The van der Waals surface area contributed by atoms with Crippen molar-refractivity contribution in [1.82, 2.24) is 0 Å². The molecule has 0 bridgehead atoms. The number of benzene rings is 1. The summed E-state index contributed by atoms with van der Waals surface area (Å²) in [7, 11) is 0. The van der Waals surface area contributed by atoms with Crippen molar-refractivity contribution >= 4 is 86.6 Å². The van der Waals surface area contributed by atoms with Crippen molar-refractivity contribution in [1.29, 1.82) is 0 Å². The summed E-state index contributed by atoms with van der Waals surface area (Å²) in [5, 5.41) is 0. The van der Waals surface area contributed by atoms with Gasteiger partial charge in [-0.15, -0.1) is 11.3 Å². The first-order valence-electron chi connectivity index (χ1n) is 6.93. The van der Waals surface area contributed by atoms with E-state index in [1.54, 1.807) is 12.1 Å². The van der Waals surface area contributed by atoms with E-state index in [1.165, 1.54) is 11.3 Å². The number of ketones is 2. The van der Waals surface area contributed by atoms with Crippen LogP contribution in [0.3, 0.4) is 0 Å². The molecule has 1 aliphatic rings. The zero-order chi connectivity index (χ0) is 17.4. The predicted molar refractivity (Wildman–Crippen MR) is 111 cm³/mol. The molecular formula is C16H10Br4O3S. The van der Waals surface area contributed by atoms with Gasteiger partial charge in [0.1, 0.15) is 13.2 Å². The molecule has 1 aromatic carbocycles. The average molecular weight is 602 g/mol. The monoisotopic (exact) mass is 598 g/mol. The fourth-order valence-corrected chi connectivity index (χ4v) is 4.99. The first-order chi connectivity index (χ1) is 11.4. The minimum absolute atomic E-state index is 0.00348. The summed E-state index contributed by atoms with van der Waals surface area (Å²) < 4.78 is 5.01. The molecule has 3 rings (SSSR count). The van der Waals surface area contributed by atoms with Crippen molar-refractivity contribution in [3.8, 4) is 16.2 Å². The van der Waals surface area contributed by atoms with E-state index in [2.05, 4.69) is 63.7 Å². The van der Waals surface area contributed by atoms with E-state index in [-0.39, 0.29) is 11.6 Å². The minimum Gasteiger partial charge on any atom is -0.493 e. The van der Waals surface area contributed by atoms with E-state index in [4.69, 9.17) is 4.74 Å². The number of fused-ring (bicyclic) bond motifs is 3. The van der Waals surface area contributed by atoms with Crippen LogP contribution in [0.4, 0.5) is 0 Å². The molecule has 8 heteroatoms. The lowest BCUT2D eigenvalue weighted by Crippen LogP contribution is -2.07. The number of thiophene rings is 1. The fourth-order valence-electron chi connectivity index (χ4n) is 2.45. The van der Waals surface area contributed by atoms with E-state index in [9.17, 15) is 9.59 Å². The van der Waals surface area contributed by atoms with Gasteiger partial charge in [0.2, 0.25) is 0 Å². The van der Waals surface area contributed by atoms with Crippen molar-refractivity contribution in [2.24, 2.45) is 0 Å². The number of alkyl halides is 4. The normalized spacial score (nSPS) is 13.2. The largest absolute Gasteiger partial charge is 0.493 e. The van der Waals surface area contributed by atoms with Crippen LogP contribution >= 0.6 is 75.1 Å². The van der Waals surface area contributed by atoms with Gasteiger partial charge < -0.3 is 4.74 Å². The van der Waals surface area contributed by atoms with Crippen molar-refractivity contribution < 1.29 is 14.3 Å². The van der Waals surface area contributed by atoms with Crippen molar-refractivity contribution in [2.45, 2.75) is 13.9 Å². The maximum absolute atomic E-state index is 12.2. The molecular weight excluding hydrogens is 592 g/mol. The third-order valence-electron chi connectivity index (χ3n) is 3.59. The highest BCUT2D eigenvalue weighted by Crippen LogP contribution is 2.42. The Hall–Kier alpha value is -0.0200. The van der Waals surface area contributed by atoms with Crippen LogP contribution in [0.25, 0.3) is 10.4 Å². The number of ether oxygens (including phenoxy) is 1. The Morgan fingerprint density at radius 3 is 2.42 bits per heavy atom. The van der Waals surface area contributed by atoms with Crippen LogP contribution in [0.2, 0.25) is 0 Å². The van der Waals surface area contributed by atoms with Crippen LogP contribution in [0.5, 0.6) is 5.75 Å². The highest BCUT2D eigenvalue weighted by Gasteiger charge is 2.24. The Morgan fingerprint density at radius 2 is 1.75 bits per heavy atom. The van der Waals surface area contributed by atoms with Gasteiger partial charge in [0.25, 0.3) is 0 Å². The summed E-state index contributed by atoms with van der Waals surface area (Å²) in [4.78, 5) is 26.1. The van der Waals surface area contributed by atoms with Gasteiger partial charge in [-0.2, -0.15) is 0 Å². The summed E-state index contributed by atoms with van der Waals surface area (Å²) in [5.74, 6) is 0.619. The predicted octanol–water partition coefficient (Wildman–Crippen LogP) is 5.95. The lowest BCUT2D eigenvalue weighted by Gasteiger charge is -2.10. The van der Waals surface area contributed by atoms with Crippen LogP contribution in [0.1, 0.15) is 25.6 Å². The van der Waals surface area contributed by atoms with Crippen LogP contribution < -0.4 is 4.74 Å². The minimum atomic E-state index is -0.426. The summed E-state index contributed by atoms with van der Waals surface area (Å²) in [5.41, 5.74) is 2.59. The van der Waals surface area contributed by atoms with Gasteiger partial charge in [-0.25, -0.2) is 0 Å². The van der Waals surface area contributed by atoms with Gasteiger partial charge in [-0.1, -0.05) is 69.8 Å². The van der Waals surface area contributed by atoms with Crippen LogP contribution in [-0.2, 0) is 6.42 Å². The molecule has 0 amide bonds. The zero-order valence-electron chi connectivity index (χ0n) is 12.0. The molecule has 24 heavy (non-hydrogen) atoms. The third-order valence-corrected chi connectivity index (χ3v) is 6.48. The van der Waals surface area contributed by atoms with E-state index in [0.29, 0.717) is 22.8 Å². The molecule has 0 saturated carbocycles. The molecule has 0 spiro atoms. The average Bonchev–Trinajstić information content (AvgIpc) is 2.89. The molecule has 0 radical (unpaired) electrons. The molecule has 2 aromatic rings. The molecule has 0 atom stereocenters. The molecule has 126 valence electrons. The molecule has 0 N–H and O–H groups in total. The Labute approximate surface area is 176 Å². The number of halogens is 4. The Kier molecular flexibility index (Phi) is 6.02. The lowest BCUT2D eigenvalue weighted by atomic mass is 10.0. The zero-order valence-corrected chi connectivity index (χ0v) is 19.2. The summed E-state index contributed by atoms with van der Waals surface area (Å²) in [6.45, 7) is 0.514. The van der Waals surface area contributed by atoms with Gasteiger partial charge in [0.05, 0.1) is 11.5 Å². The van der Waals surface area contributed by atoms with Gasteiger partial charge in [-0.3, -0.25) is 9.59 Å². The van der Waals surface area contributed by atoms with Gasteiger partial charge in [0, 0.05) is 22.4 Å². The second-order valence-corrected chi connectivity index (χ2v) is 12.3. The van der Waals surface area contributed by atoms with E-state index in [1.807, 2.05) is 12.1 Å². The number of carbonyl (C=O) groups is 2. The smallest absolute Gasteiger partial charge is 0.197 e. The Balaban J connectivity index is 2.05. The van der Waals surface area contributed by atoms with Gasteiger partial charge in [0.15, 0.2) is 11.6 Å². The summed E-state index contributed by atoms with van der Waals surface area (Å²) in [6.07, 6.45) is 0.728. The number of hydrogen-bond acceptors (Lipinski definition) is 4. The maximum atomic E-state index is 12.2. The van der Waals surface area contributed by atoms with E-state index < -0.39 is 7.47 Å².